The first-order valence-corrected chi connectivity index (χ1v) is 7.43. The third kappa shape index (κ3) is 2.54. The summed E-state index contributed by atoms with van der Waals surface area (Å²) >= 11 is 0. The molecule has 1 aromatic rings. The summed E-state index contributed by atoms with van der Waals surface area (Å²) in [5, 5.41) is 3.48. The minimum absolute atomic E-state index is 0.947. The molecule has 0 radical (unpaired) electrons. The fourth-order valence-corrected chi connectivity index (χ4v) is 3.39. The molecule has 2 heterocycles. The van der Waals surface area contributed by atoms with Crippen LogP contribution in [0, 0.1) is 5.92 Å². The molecule has 0 aliphatic carbocycles. The fraction of sp³-hybridized carbons (Fsp3) is 0.625. The van der Waals surface area contributed by atoms with Crippen molar-refractivity contribution in [1.82, 2.24) is 4.90 Å². The van der Waals surface area contributed by atoms with Crippen molar-refractivity contribution in [3.63, 3.8) is 0 Å². The molecule has 1 atom stereocenters. The Morgan fingerprint density at radius 2 is 2.33 bits per heavy atom. The quantitative estimate of drug-likeness (QED) is 0.874. The zero-order chi connectivity index (χ0) is 12.4. The van der Waals surface area contributed by atoms with Gasteiger partial charge in [0.05, 0.1) is 0 Å². The van der Waals surface area contributed by atoms with Gasteiger partial charge in [0.1, 0.15) is 0 Å². The minimum Gasteiger partial charge on any atom is -0.384 e. The van der Waals surface area contributed by atoms with E-state index in [1.165, 1.54) is 55.6 Å². The Morgan fingerprint density at radius 3 is 3.22 bits per heavy atom. The molecule has 2 aliphatic heterocycles. The van der Waals surface area contributed by atoms with Crippen molar-refractivity contribution in [2.45, 2.75) is 39.2 Å². The Labute approximate surface area is 110 Å². The Morgan fingerprint density at radius 1 is 1.39 bits per heavy atom. The highest BCUT2D eigenvalue weighted by molar-refractivity contribution is 5.57. The van der Waals surface area contributed by atoms with E-state index in [9.17, 15) is 0 Å². The lowest BCUT2D eigenvalue weighted by atomic mass is 10.0. The Bertz CT molecular complexity index is 414. The first-order valence-electron chi connectivity index (χ1n) is 7.43. The number of anilines is 1. The molecule has 0 spiro atoms. The Hall–Kier alpha value is -1.02. The number of likely N-dealkylation sites (tertiary alicyclic amines) is 1. The first-order chi connectivity index (χ1) is 8.85. The van der Waals surface area contributed by atoms with Gasteiger partial charge < -0.3 is 5.32 Å². The Balaban J connectivity index is 1.60. The van der Waals surface area contributed by atoms with Crippen molar-refractivity contribution in [3.8, 4) is 0 Å². The highest BCUT2D eigenvalue weighted by Gasteiger charge is 2.21. The standard InChI is InChI=1S/C16H24N2/c1-2-3-13-7-9-18(11-13)12-14-4-5-15-6-8-17-16(15)10-14/h4-5,10,13,17H,2-3,6-9,11-12H2,1H3. The molecule has 0 amide bonds. The van der Waals surface area contributed by atoms with Crippen LogP contribution >= 0.6 is 0 Å². The second kappa shape index (κ2) is 5.31. The van der Waals surface area contributed by atoms with E-state index in [0.717, 1.165) is 19.0 Å². The van der Waals surface area contributed by atoms with Gasteiger partial charge in [-0.3, -0.25) is 4.90 Å². The third-order valence-corrected chi connectivity index (χ3v) is 4.36. The molecule has 1 saturated heterocycles. The van der Waals surface area contributed by atoms with E-state index in [-0.39, 0.29) is 0 Å². The highest BCUT2D eigenvalue weighted by Crippen LogP contribution is 2.26. The molecular formula is C16H24N2. The van der Waals surface area contributed by atoms with E-state index in [1.54, 1.807) is 0 Å². The number of nitrogens with zero attached hydrogens (tertiary/aromatic N) is 1. The molecule has 98 valence electrons. The summed E-state index contributed by atoms with van der Waals surface area (Å²) in [5.74, 6) is 0.947. The summed E-state index contributed by atoms with van der Waals surface area (Å²) in [7, 11) is 0. The molecule has 1 fully saturated rings. The monoisotopic (exact) mass is 244 g/mol. The van der Waals surface area contributed by atoms with Crippen molar-refractivity contribution in [1.29, 1.82) is 0 Å². The summed E-state index contributed by atoms with van der Waals surface area (Å²) in [4.78, 5) is 2.62. The zero-order valence-electron chi connectivity index (χ0n) is 11.4. The molecular weight excluding hydrogens is 220 g/mol. The summed E-state index contributed by atoms with van der Waals surface area (Å²) < 4.78 is 0. The van der Waals surface area contributed by atoms with Gasteiger partial charge >= 0.3 is 0 Å². The molecule has 3 rings (SSSR count). The maximum Gasteiger partial charge on any atom is 0.0376 e. The molecule has 2 aliphatic rings. The van der Waals surface area contributed by atoms with Gasteiger partial charge in [0.2, 0.25) is 0 Å². The maximum absolute atomic E-state index is 3.48. The van der Waals surface area contributed by atoms with Crippen molar-refractivity contribution in [3.05, 3.63) is 29.3 Å². The molecule has 0 aromatic heterocycles. The predicted octanol–water partition coefficient (Wildman–Crippen LogP) is 3.28. The first kappa shape index (κ1) is 12.0. The summed E-state index contributed by atoms with van der Waals surface area (Å²) in [5.41, 5.74) is 4.33. The van der Waals surface area contributed by atoms with Gasteiger partial charge in [-0.15, -0.1) is 0 Å². The minimum atomic E-state index is 0.947. The van der Waals surface area contributed by atoms with Gasteiger partial charge in [0, 0.05) is 25.3 Å². The average Bonchev–Trinajstić information content (AvgIpc) is 2.98. The van der Waals surface area contributed by atoms with Crippen molar-refractivity contribution < 1.29 is 0 Å². The summed E-state index contributed by atoms with van der Waals surface area (Å²) in [6.07, 6.45) is 5.33. The molecule has 2 heteroatoms. The summed E-state index contributed by atoms with van der Waals surface area (Å²) in [6, 6.07) is 6.98. The smallest absolute Gasteiger partial charge is 0.0376 e. The van der Waals surface area contributed by atoms with Gasteiger partial charge in [-0.2, -0.15) is 0 Å². The van der Waals surface area contributed by atoms with Crippen LogP contribution < -0.4 is 5.32 Å². The topological polar surface area (TPSA) is 15.3 Å². The SMILES string of the molecule is CCCC1CCN(Cc2ccc3c(c2)NCC3)C1. The average molecular weight is 244 g/mol. The van der Waals surface area contributed by atoms with Crippen LogP contribution in [0.25, 0.3) is 0 Å². The van der Waals surface area contributed by atoms with E-state index in [0.29, 0.717) is 0 Å². The molecule has 18 heavy (non-hydrogen) atoms. The lowest BCUT2D eigenvalue weighted by Crippen LogP contribution is -2.20. The van der Waals surface area contributed by atoms with E-state index in [1.807, 2.05) is 0 Å². The lowest BCUT2D eigenvalue weighted by molar-refractivity contribution is 0.313. The molecule has 1 unspecified atom stereocenters. The van der Waals surface area contributed by atoms with Crippen LogP contribution in [0.5, 0.6) is 0 Å². The zero-order valence-corrected chi connectivity index (χ0v) is 11.4. The molecule has 0 saturated carbocycles. The highest BCUT2D eigenvalue weighted by atomic mass is 15.1. The van der Waals surface area contributed by atoms with Crippen LogP contribution in [0.15, 0.2) is 18.2 Å². The normalized spacial score (nSPS) is 23.1. The second-order valence-corrected chi connectivity index (χ2v) is 5.85. The van der Waals surface area contributed by atoms with E-state index >= 15 is 0 Å². The molecule has 1 aromatic carbocycles. The molecule has 2 nitrogen and oxygen atoms in total. The number of fused-ring (bicyclic) bond motifs is 1. The van der Waals surface area contributed by atoms with Gasteiger partial charge in [-0.1, -0.05) is 25.5 Å². The molecule has 0 bridgehead atoms. The van der Waals surface area contributed by atoms with Gasteiger partial charge in [0.15, 0.2) is 0 Å². The fourth-order valence-electron chi connectivity index (χ4n) is 3.39. The van der Waals surface area contributed by atoms with Crippen LogP contribution in [0.2, 0.25) is 0 Å². The van der Waals surface area contributed by atoms with Gasteiger partial charge in [-0.25, -0.2) is 0 Å². The second-order valence-electron chi connectivity index (χ2n) is 5.85. The van der Waals surface area contributed by atoms with Crippen molar-refractivity contribution >= 4 is 5.69 Å². The van der Waals surface area contributed by atoms with Crippen LogP contribution in [-0.2, 0) is 13.0 Å². The Kier molecular flexibility index (Phi) is 3.55. The lowest BCUT2D eigenvalue weighted by Gasteiger charge is -2.16. The van der Waals surface area contributed by atoms with E-state index in [2.05, 4.69) is 35.3 Å². The number of nitrogens with one attached hydrogen (secondary N) is 1. The van der Waals surface area contributed by atoms with Crippen LogP contribution in [-0.4, -0.2) is 24.5 Å². The van der Waals surface area contributed by atoms with Gasteiger partial charge in [-0.05, 0) is 48.9 Å². The van der Waals surface area contributed by atoms with Crippen molar-refractivity contribution in [2.24, 2.45) is 5.92 Å². The number of hydrogen-bond donors (Lipinski definition) is 1. The van der Waals surface area contributed by atoms with E-state index < -0.39 is 0 Å². The van der Waals surface area contributed by atoms with Crippen LogP contribution in [0.1, 0.15) is 37.3 Å². The predicted molar refractivity (Wildman–Crippen MR) is 76.9 cm³/mol. The van der Waals surface area contributed by atoms with Crippen LogP contribution in [0.4, 0.5) is 5.69 Å². The van der Waals surface area contributed by atoms with Gasteiger partial charge in [0.25, 0.3) is 0 Å². The largest absolute Gasteiger partial charge is 0.384 e. The number of rotatable bonds is 4. The van der Waals surface area contributed by atoms with Crippen molar-refractivity contribution in [2.75, 3.05) is 25.0 Å². The number of hydrogen-bond acceptors (Lipinski definition) is 2. The maximum atomic E-state index is 3.48. The third-order valence-electron chi connectivity index (χ3n) is 4.36. The van der Waals surface area contributed by atoms with Crippen LogP contribution in [0.3, 0.4) is 0 Å². The van der Waals surface area contributed by atoms with E-state index in [4.69, 9.17) is 0 Å². The number of benzene rings is 1. The summed E-state index contributed by atoms with van der Waals surface area (Å²) in [6.45, 7) is 7.14. The molecule has 1 N–H and O–H groups in total.